The number of rotatable bonds is 4. The Morgan fingerprint density at radius 1 is 1.00 bits per heavy atom. The van der Waals surface area contributed by atoms with Gasteiger partial charge in [-0.2, -0.15) is 25.2 Å². The monoisotopic (exact) mass is 402 g/mol. The molecule has 0 bridgehead atoms. The van der Waals surface area contributed by atoms with Gasteiger partial charge in [-0.15, -0.1) is 0 Å². The van der Waals surface area contributed by atoms with E-state index in [1.807, 2.05) is 61.6 Å². The van der Waals surface area contributed by atoms with E-state index >= 15 is 0 Å². The van der Waals surface area contributed by atoms with Crippen molar-refractivity contribution in [1.29, 1.82) is 0 Å². The predicted octanol–water partition coefficient (Wildman–Crippen LogP) is 2.74. The van der Waals surface area contributed by atoms with Crippen LogP contribution in [-0.2, 0) is 7.05 Å². The molecule has 10 nitrogen and oxygen atoms in total. The van der Waals surface area contributed by atoms with Crippen LogP contribution in [-0.4, -0.2) is 44.5 Å². The predicted molar refractivity (Wildman–Crippen MR) is 114 cm³/mol. The fraction of sp³-hybridized carbons (Fsp3) is 0.300. The molecule has 4 heterocycles. The molecule has 1 aromatic carbocycles. The zero-order valence-corrected chi connectivity index (χ0v) is 17.2. The van der Waals surface area contributed by atoms with Crippen LogP contribution >= 0.6 is 0 Å². The number of hydrogen-bond donors (Lipinski definition) is 1. The summed E-state index contributed by atoms with van der Waals surface area (Å²) in [5.74, 6) is 0.389. The highest BCUT2D eigenvalue weighted by atomic mass is 15.5. The summed E-state index contributed by atoms with van der Waals surface area (Å²) in [6.45, 7) is 6.10. The summed E-state index contributed by atoms with van der Waals surface area (Å²) in [7, 11) is 1.92. The third kappa shape index (κ3) is 2.64. The van der Waals surface area contributed by atoms with Crippen molar-refractivity contribution in [3.05, 3.63) is 42.6 Å². The standard InChI is InChI=1S/C20H22N10/c1-11(2)30-25-9-15(26-30)12(3)29-20-17(19(21)22-10-23-20)18(27-29)13-6-5-7-16-14(13)8-24-28(16)4/h5-12H,1-4H3,(H2,21,22,23). The van der Waals surface area contributed by atoms with Crippen LogP contribution in [0.5, 0.6) is 0 Å². The van der Waals surface area contributed by atoms with E-state index in [1.165, 1.54) is 6.33 Å². The van der Waals surface area contributed by atoms with Crippen molar-refractivity contribution in [1.82, 2.24) is 44.5 Å². The minimum Gasteiger partial charge on any atom is -0.383 e. The minimum atomic E-state index is -0.184. The fourth-order valence-electron chi connectivity index (χ4n) is 3.69. The summed E-state index contributed by atoms with van der Waals surface area (Å²) in [6.07, 6.45) is 5.07. The lowest BCUT2D eigenvalue weighted by Gasteiger charge is -2.10. The van der Waals surface area contributed by atoms with Crippen LogP contribution in [0.15, 0.2) is 36.9 Å². The van der Waals surface area contributed by atoms with Gasteiger partial charge in [0, 0.05) is 18.0 Å². The van der Waals surface area contributed by atoms with Crippen molar-refractivity contribution in [2.45, 2.75) is 32.9 Å². The Bertz CT molecular complexity index is 1370. The van der Waals surface area contributed by atoms with Crippen LogP contribution in [0.1, 0.15) is 38.5 Å². The molecular weight excluding hydrogens is 380 g/mol. The van der Waals surface area contributed by atoms with Gasteiger partial charge < -0.3 is 5.73 Å². The number of aromatic nitrogens is 9. The lowest BCUT2D eigenvalue weighted by Crippen LogP contribution is -2.12. The lowest BCUT2D eigenvalue weighted by atomic mass is 10.1. The van der Waals surface area contributed by atoms with Gasteiger partial charge in [-0.05, 0) is 26.8 Å². The average molecular weight is 402 g/mol. The molecule has 2 N–H and O–H groups in total. The Balaban J connectivity index is 1.74. The molecular formula is C20H22N10. The van der Waals surface area contributed by atoms with Crippen molar-refractivity contribution < 1.29 is 0 Å². The smallest absolute Gasteiger partial charge is 0.164 e. The number of anilines is 1. The van der Waals surface area contributed by atoms with E-state index in [9.17, 15) is 0 Å². The number of nitrogen functional groups attached to an aromatic ring is 1. The summed E-state index contributed by atoms with van der Waals surface area (Å²) >= 11 is 0. The molecule has 0 aliphatic carbocycles. The Morgan fingerprint density at radius 2 is 1.83 bits per heavy atom. The van der Waals surface area contributed by atoms with Gasteiger partial charge >= 0.3 is 0 Å². The maximum Gasteiger partial charge on any atom is 0.164 e. The van der Waals surface area contributed by atoms with Gasteiger partial charge in [0.2, 0.25) is 0 Å². The van der Waals surface area contributed by atoms with Crippen molar-refractivity contribution in [3.8, 4) is 11.3 Å². The van der Waals surface area contributed by atoms with E-state index in [1.54, 1.807) is 11.0 Å². The lowest BCUT2D eigenvalue weighted by molar-refractivity contribution is 0.454. The molecule has 0 aliphatic rings. The summed E-state index contributed by atoms with van der Waals surface area (Å²) in [6, 6.07) is 6.02. The molecule has 30 heavy (non-hydrogen) atoms. The van der Waals surface area contributed by atoms with Gasteiger partial charge in [0.15, 0.2) is 5.65 Å². The average Bonchev–Trinajstić information content (AvgIpc) is 3.45. The number of hydrogen-bond acceptors (Lipinski definition) is 7. The van der Waals surface area contributed by atoms with E-state index in [2.05, 4.69) is 25.3 Å². The van der Waals surface area contributed by atoms with Crippen molar-refractivity contribution in [2.24, 2.45) is 7.05 Å². The van der Waals surface area contributed by atoms with Gasteiger partial charge in [0.1, 0.15) is 23.5 Å². The summed E-state index contributed by atoms with van der Waals surface area (Å²) in [5, 5.41) is 20.0. The second kappa shape index (κ2) is 6.61. The van der Waals surface area contributed by atoms with Crippen LogP contribution in [0.2, 0.25) is 0 Å². The molecule has 0 amide bonds. The molecule has 0 aliphatic heterocycles. The molecule has 5 aromatic rings. The highest BCUT2D eigenvalue weighted by Gasteiger charge is 2.24. The number of benzene rings is 1. The van der Waals surface area contributed by atoms with Crippen LogP contribution < -0.4 is 5.73 Å². The number of fused-ring (bicyclic) bond motifs is 2. The maximum atomic E-state index is 6.28. The molecule has 4 aromatic heterocycles. The molecule has 1 atom stereocenters. The minimum absolute atomic E-state index is 0.178. The first-order valence-corrected chi connectivity index (χ1v) is 9.77. The quantitative estimate of drug-likeness (QED) is 0.491. The number of nitrogens with two attached hydrogens (primary N) is 1. The second-order valence-electron chi connectivity index (χ2n) is 7.62. The number of nitrogens with zero attached hydrogens (tertiary/aromatic N) is 9. The maximum absolute atomic E-state index is 6.28. The van der Waals surface area contributed by atoms with Crippen LogP contribution in [0.25, 0.3) is 33.2 Å². The Labute approximate surface area is 172 Å². The first-order chi connectivity index (χ1) is 14.5. The molecule has 0 saturated heterocycles. The molecule has 0 fully saturated rings. The number of aryl methyl sites for hydroxylation is 1. The summed E-state index contributed by atoms with van der Waals surface area (Å²) < 4.78 is 3.68. The Hall–Kier alpha value is -3.82. The van der Waals surface area contributed by atoms with E-state index in [0.29, 0.717) is 11.5 Å². The molecule has 152 valence electrons. The molecule has 0 spiro atoms. The largest absolute Gasteiger partial charge is 0.383 e. The van der Waals surface area contributed by atoms with Crippen molar-refractivity contribution in [3.63, 3.8) is 0 Å². The van der Waals surface area contributed by atoms with E-state index in [-0.39, 0.29) is 12.1 Å². The highest BCUT2D eigenvalue weighted by molar-refractivity contribution is 6.05. The van der Waals surface area contributed by atoms with Crippen LogP contribution in [0.3, 0.4) is 0 Å². The van der Waals surface area contributed by atoms with Gasteiger partial charge in [0.05, 0.1) is 35.4 Å². The van der Waals surface area contributed by atoms with Crippen LogP contribution in [0, 0.1) is 0 Å². The third-order valence-electron chi connectivity index (χ3n) is 5.35. The zero-order chi connectivity index (χ0) is 21.0. The molecule has 5 rings (SSSR count). The van der Waals surface area contributed by atoms with E-state index < -0.39 is 0 Å². The Morgan fingerprint density at radius 3 is 2.60 bits per heavy atom. The fourth-order valence-corrected chi connectivity index (χ4v) is 3.69. The van der Waals surface area contributed by atoms with Crippen LogP contribution in [0.4, 0.5) is 5.82 Å². The van der Waals surface area contributed by atoms with Crippen molar-refractivity contribution in [2.75, 3.05) is 5.73 Å². The SMILES string of the molecule is CC(C)n1ncc(C(C)n2nc(-c3cccc4c3cnn4C)c3c(N)ncnc32)n1. The Kier molecular flexibility index (Phi) is 4.02. The molecule has 1 unspecified atom stereocenters. The van der Waals surface area contributed by atoms with E-state index in [0.717, 1.165) is 33.2 Å². The van der Waals surface area contributed by atoms with Gasteiger partial charge in [-0.25, -0.2) is 14.6 Å². The molecule has 0 saturated carbocycles. The van der Waals surface area contributed by atoms with Crippen molar-refractivity contribution >= 4 is 27.8 Å². The van der Waals surface area contributed by atoms with Gasteiger partial charge in [-0.3, -0.25) is 4.68 Å². The first-order valence-electron chi connectivity index (χ1n) is 9.77. The topological polar surface area (TPSA) is 118 Å². The van der Waals surface area contributed by atoms with Gasteiger partial charge in [0.25, 0.3) is 0 Å². The summed E-state index contributed by atoms with van der Waals surface area (Å²) in [4.78, 5) is 10.4. The molecule has 10 heteroatoms. The molecule has 0 radical (unpaired) electrons. The second-order valence-corrected chi connectivity index (χ2v) is 7.62. The van der Waals surface area contributed by atoms with Gasteiger partial charge in [-0.1, -0.05) is 12.1 Å². The normalized spacial score (nSPS) is 13.0. The first kappa shape index (κ1) is 18.2. The third-order valence-corrected chi connectivity index (χ3v) is 5.35. The summed E-state index contributed by atoms with van der Waals surface area (Å²) in [5.41, 5.74) is 10.4. The highest BCUT2D eigenvalue weighted by Crippen LogP contribution is 2.36. The van der Waals surface area contributed by atoms with E-state index in [4.69, 9.17) is 10.8 Å². The zero-order valence-electron chi connectivity index (χ0n) is 17.2.